The Balaban J connectivity index is 1.90. The molecule has 0 N–H and O–H groups in total. The highest BCUT2D eigenvalue weighted by molar-refractivity contribution is 5.84. The molecule has 0 fully saturated rings. The number of aromatic nitrogens is 2. The molecule has 0 spiro atoms. The predicted molar refractivity (Wildman–Crippen MR) is 105 cm³/mol. The minimum absolute atomic E-state index is 0.0114. The van der Waals surface area contributed by atoms with Crippen molar-refractivity contribution in [2.75, 3.05) is 0 Å². The minimum atomic E-state index is -0.537. The Hall–Kier alpha value is -2.95. The first-order chi connectivity index (χ1) is 13.0. The third kappa shape index (κ3) is 2.83. The van der Waals surface area contributed by atoms with E-state index in [1.807, 2.05) is 74.2 Å². The standard InChI is InChI=1S/C22H23N3O2/c1-14(2)19-22(27)24(13-16-9-5-4-6-10-16)15(3)20-23-18-12-8-7-11-17(18)21(26)25(19)20/h4-12,14-15,19H,13H2,1-3H3/t15-,19-/m0/s1. The molecule has 1 aliphatic heterocycles. The fourth-order valence-electron chi connectivity index (χ4n) is 3.92. The van der Waals surface area contributed by atoms with Crippen LogP contribution in [0.2, 0.25) is 0 Å². The average molecular weight is 361 g/mol. The van der Waals surface area contributed by atoms with Crippen molar-refractivity contribution in [3.63, 3.8) is 0 Å². The Morgan fingerprint density at radius 2 is 1.67 bits per heavy atom. The molecule has 4 rings (SSSR count). The lowest BCUT2D eigenvalue weighted by Crippen LogP contribution is -2.50. The van der Waals surface area contributed by atoms with Gasteiger partial charge in [-0.05, 0) is 30.5 Å². The minimum Gasteiger partial charge on any atom is -0.327 e. The SMILES string of the molecule is CC(C)[C@H]1C(=O)N(Cc2ccccc2)[C@@H](C)c2nc3ccccc3c(=O)n21. The van der Waals surface area contributed by atoms with Crippen LogP contribution in [0.25, 0.3) is 10.9 Å². The van der Waals surface area contributed by atoms with Crippen LogP contribution in [0.3, 0.4) is 0 Å². The molecule has 2 aromatic carbocycles. The zero-order valence-electron chi connectivity index (χ0n) is 15.8. The number of amides is 1. The van der Waals surface area contributed by atoms with Crippen LogP contribution in [-0.4, -0.2) is 20.4 Å². The molecule has 3 aromatic rings. The maximum atomic E-state index is 13.4. The number of fused-ring (bicyclic) bond motifs is 2. The van der Waals surface area contributed by atoms with E-state index in [9.17, 15) is 9.59 Å². The Bertz CT molecular complexity index is 1060. The molecule has 2 heterocycles. The van der Waals surface area contributed by atoms with Gasteiger partial charge < -0.3 is 4.90 Å². The first kappa shape index (κ1) is 17.5. The van der Waals surface area contributed by atoms with E-state index < -0.39 is 6.04 Å². The third-order valence-corrected chi connectivity index (χ3v) is 5.32. The molecule has 1 aromatic heterocycles. The molecule has 1 amide bonds. The monoisotopic (exact) mass is 361 g/mol. The summed E-state index contributed by atoms with van der Waals surface area (Å²) in [6, 6.07) is 16.5. The van der Waals surface area contributed by atoms with Gasteiger partial charge in [0.05, 0.1) is 16.9 Å². The summed E-state index contributed by atoms with van der Waals surface area (Å²) in [7, 11) is 0. The highest BCUT2D eigenvalue weighted by Crippen LogP contribution is 2.34. The zero-order valence-corrected chi connectivity index (χ0v) is 15.8. The second-order valence-electron chi connectivity index (χ2n) is 7.48. The van der Waals surface area contributed by atoms with Crippen molar-refractivity contribution in [2.24, 2.45) is 5.92 Å². The highest BCUT2D eigenvalue weighted by atomic mass is 16.2. The lowest BCUT2D eigenvalue weighted by Gasteiger charge is -2.40. The van der Waals surface area contributed by atoms with Crippen molar-refractivity contribution < 1.29 is 4.79 Å². The number of nitrogens with zero attached hydrogens (tertiary/aromatic N) is 3. The third-order valence-electron chi connectivity index (χ3n) is 5.32. The van der Waals surface area contributed by atoms with E-state index >= 15 is 0 Å². The van der Waals surface area contributed by atoms with Crippen molar-refractivity contribution in [2.45, 2.75) is 39.4 Å². The topological polar surface area (TPSA) is 55.2 Å². The lowest BCUT2D eigenvalue weighted by molar-refractivity contribution is -0.142. The molecule has 2 atom stereocenters. The van der Waals surface area contributed by atoms with Gasteiger partial charge in [0.25, 0.3) is 5.56 Å². The van der Waals surface area contributed by atoms with Gasteiger partial charge in [0.1, 0.15) is 11.9 Å². The summed E-state index contributed by atoms with van der Waals surface area (Å²) in [5, 5.41) is 0.559. The second kappa shape index (κ2) is 6.65. The summed E-state index contributed by atoms with van der Waals surface area (Å²) < 4.78 is 1.63. The molecule has 0 radical (unpaired) electrons. The summed E-state index contributed by atoms with van der Waals surface area (Å²) in [4.78, 5) is 33.2. The van der Waals surface area contributed by atoms with Crippen molar-refractivity contribution >= 4 is 16.8 Å². The number of para-hydroxylation sites is 1. The predicted octanol–water partition coefficient (Wildman–Crippen LogP) is 3.70. The smallest absolute Gasteiger partial charge is 0.262 e. The van der Waals surface area contributed by atoms with Crippen LogP contribution in [0.15, 0.2) is 59.4 Å². The summed E-state index contributed by atoms with van der Waals surface area (Å²) >= 11 is 0. The van der Waals surface area contributed by atoms with E-state index in [-0.39, 0.29) is 23.4 Å². The zero-order chi connectivity index (χ0) is 19.1. The van der Waals surface area contributed by atoms with Crippen LogP contribution in [0.1, 0.15) is 44.2 Å². The van der Waals surface area contributed by atoms with Crippen LogP contribution < -0.4 is 5.56 Å². The molecule has 0 unspecified atom stereocenters. The molecule has 0 bridgehead atoms. The molecule has 5 nitrogen and oxygen atoms in total. The Morgan fingerprint density at radius 3 is 2.37 bits per heavy atom. The van der Waals surface area contributed by atoms with E-state index in [0.29, 0.717) is 23.3 Å². The molecule has 0 saturated carbocycles. The van der Waals surface area contributed by atoms with Crippen molar-refractivity contribution in [3.05, 3.63) is 76.3 Å². The van der Waals surface area contributed by atoms with Gasteiger partial charge in [-0.25, -0.2) is 4.98 Å². The summed E-state index contributed by atoms with van der Waals surface area (Å²) in [6.45, 7) is 6.41. The lowest BCUT2D eigenvalue weighted by atomic mass is 9.97. The molecule has 138 valence electrons. The van der Waals surface area contributed by atoms with Gasteiger partial charge in [0, 0.05) is 6.54 Å². The van der Waals surface area contributed by atoms with Gasteiger partial charge in [-0.15, -0.1) is 0 Å². The Kier molecular flexibility index (Phi) is 4.30. The Morgan fingerprint density at radius 1 is 1.00 bits per heavy atom. The Labute approximate surface area is 158 Å². The van der Waals surface area contributed by atoms with E-state index in [4.69, 9.17) is 4.98 Å². The highest BCUT2D eigenvalue weighted by Gasteiger charge is 2.40. The van der Waals surface area contributed by atoms with Gasteiger partial charge in [-0.2, -0.15) is 0 Å². The summed E-state index contributed by atoms with van der Waals surface area (Å²) in [5.41, 5.74) is 1.61. The van der Waals surface area contributed by atoms with Gasteiger partial charge in [0.15, 0.2) is 0 Å². The van der Waals surface area contributed by atoms with Gasteiger partial charge in [-0.3, -0.25) is 14.2 Å². The number of hydrogen-bond donors (Lipinski definition) is 0. The van der Waals surface area contributed by atoms with Crippen LogP contribution in [-0.2, 0) is 11.3 Å². The number of carbonyl (C=O) groups excluding carboxylic acids is 1. The quantitative estimate of drug-likeness (QED) is 0.715. The number of hydrogen-bond acceptors (Lipinski definition) is 3. The average Bonchev–Trinajstić information content (AvgIpc) is 2.67. The fourth-order valence-corrected chi connectivity index (χ4v) is 3.92. The molecule has 27 heavy (non-hydrogen) atoms. The van der Waals surface area contributed by atoms with E-state index in [1.165, 1.54) is 0 Å². The molecular weight excluding hydrogens is 338 g/mol. The summed E-state index contributed by atoms with van der Waals surface area (Å²) in [6.07, 6.45) is 0. The largest absolute Gasteiger partial charge is 0.327 e. The number of carbonyl (C=O) groups is 1. The first-order valence-corrected chi connectivity index (χ1v) is 9.34. The van der Waals surface area contributed by atoms with E-state index in [1.54, 1.807) is 10.6 Å². The van der Waals surface area contributed by atoms with Crippen LogP contribution >= 0.6 is 0 Å². The van der Waals surface area contributed by atoms with Crippen LogP contribution in [0, 0.1) is 5.92 Å². The maximum Gasteiger partial charge on any atom is 0.262 e. The molecular formula is C22H23N3O2. The molecule has 1 aliphatic rings. The molecule has 0 aliphatic carbocycles. The molecule has 0 saturated heterocycles. The van der Waals surface area contributed by atoms with Crippen LogP contribution in [0.5, 0.6) is 0 Å². The first-order valence-electron chi connectivity index (χ1n) is 9.34. The van der Waals surface area contributed by atoms with Gasteiger partial charge in [-0.1, -0.05) is 56.3 Å². The number of benzene rings is 2. The van der Waals surface area contributed by atoms with Gasteiger partial charge in [0.2, 0.25) is 5.91 Å². The van der Waals surface area contributed by atoms with E-state index in [2.05, 4.69) is 0 Å². The maximum absolute atomic E-state index is 13.4. The van der Waals surface area contributed by atoms with Crippen molar-refractivity contribution in [3.8, 4) is 0 Å². The summed E-state index contributed by atoms with van der Waals surface area (Å²) in [5.74, 6) is 0.628. The fraction of sp³-hybridized carbons (Fsp3) is 0.318. The second-order valence-corrected chi connectivity index (χ2v) is 7.48. The van der Waals surface area contributed by atoms with Gasteiger partial charge >= 0.3 is 0 Å². The molecule has 5 heteroatoms. The van der Waals surface area contributed by atoms with E-state index in [0.717, 1.165) is 5.56 Å². The van der Waals surface area contributed by atoms with Crippen molar-refractivity contribution in [1.29, 1.82) is 0 Å². The van der Waals surface area contributed by atoms with Crippen molar-refractivity contribution in [1.82, 2.24) is 14.5 Å². The van der Waals surface area contributed by atoms with Crippen LogP contribution in [0.4, 0.5) is 0 Å². The normalized spacial score (nSPS) is 19.6. The number of rotatable bonds is 3.